The smallest absolute Gasteiger partial charge is 0.273 e. The number of unbranched alkanes of at least 4 members (excludes halogenated alkanes) is 1. The Labute approximate surface area is 204 Å². The van der Waals surface area contributed by atoms with E-state index in [2.05, 4.69) is 17.1 Å². The Morgan fingerprint density at radius 1 is 1.17 bits per heavy atom. The number of fused-ring (bicyclic) bond motifs is 1. The summed E-state index contributed by atoms with van der Waals surface area (Å²) >= 11 is 0. The topological polar surface area (TPSA) is 91.6 Å². The number of nitrogens with one attached hydrogen (secondary N) is 1. The minimum absolute atomic E-state index is 0.160. The van der Waals surface area contributed by atoms with Gasteiger partial charge in [0.05, 0.1) is 25.5 Å². The molecule has 1 amide bonds. The molecule has 0 fully saturated rings. The van der Waals surface area contributed by atoms with E-state index in [4.69, 9.17) is 9.15 Å². The lowest BCUT2D eigenvalue weighted by Crippen LogP contribution is -2.29. The molecule has 4 aromatic rings. The summed E-state index contributed by atoms with van der Waals surface area (Å²) in [5, 5.41) is 18.3. The van der Waals surface area contributed by atoms with Crippen molar-refractivity contribution >= 4 is 5.91 Å². The highest BCUT2D eigenvalue weighted by Crippen LogP contribution is 2.46. The number of aromatic amines is 1. The van der Waals surface area contributed by atoms with E-state index < -0.39 is 6.04 Å². The van der Waals surface area contributed by atoms with Crippen LogP contribution in [0, 0.1) is 13.8 Å². The van der Waals surface area contributed by atoms with E-state index >= 15 is 0 Å². The summed E-state index contributed by atoms with van der Waals surface area (Å²) < 4.78 is 11.4. The summed E-state index contributed by atoms with van der Waals surface area (Å²) in [6.07, 6.45) is 3.67. The van der Waals surface area contributed by atoms with Crippen LogP contribution >= 0.6 is 0 Å². The number of carbonyl (C=O) groups is 1. The molecule has 180 valence electrons. The van der Waals surface area contributed by atoms with Crippen molar-refractivity contribution in [3.8, 4) is 22.8 Å². The van der Waals surface area contributed by atoms with E-state index in [9.17, 15) is 9.90 Å². The number of phenols is 1. The number of nitrogens with zero attached hydrogens (tertiary/aromatic N) is 2. The van der Waals surface area contributed by atoms with E-state index in [1.54, 1.807) is 11.2 Å². The zero-order valence-corrected chi connectivity index (χ0v) is 20.2. The number of hydrogen-bond acceptors (Lipinski definition) is 5. The van der Waals surface area contributed by atoms with Crippen molar-refractivity contribution in [1.29, 1.82) is 0 Å². The number of aromatic hydroxyl groups is 1. The number of H-pyrrole nitrogens is 1. The van der Waals surface area contributed by atoms with Crippen LogP contribution < -0.4 is 4.74 Å². The fourth-order valence-electron chi connectivity index (χ4n) is 4.70. The lowest BCUT2D eigenvalue weighted by Gasteiger charge is -2.26. The van der Waals surface area contributed by atoms with Crippen LogP contribution in [-0.2, 0) is 6.54 Å². The summed E-state index contributed by atoms with van der Waals surface area (Å²) in [5.41, 5.74) is 5.07. The molecule has 5 rings (SSSR count). The second-order valence-electron chi connectivity index (χ2n) is 9.02. The van der Waals surface area contributed by atoms with E-state index in [1.807, 2.05) is 62.4 Å². The van der Waals surface area contributed by atoms with Gasteiger partial charge in [-0.2, -0.15) is 5.10 Å². The SMILES string of the molecule is CCCCOc1ccc(C2c3c(-c4cc(C)cc(C)c4O)n[nH]c3C(=O)N2Cc2ccco2)cc1. The van der Waals surface area contributed by atoms with Crippen LogP contribution in [0.3, 0.4) is 0 Å². The average Bonchev–Trinajstić information content (AvgIpc) is 3.57. The van der Waals surface area contributed by atoms with Gasteiger partial charge >= 0.3 is 0 Å². The van der Waals surface area contributed by atoms with Gasteiger partial charge in [-0.3, -0.25) is 9.89 Å². The summed E-state index contributed by atoms with van der Waals surface area (Å²) in [4.78, 5) is 15.3. The molecule has 0 radical (unpaired) electrons. The Bertz CT molecular complexity index is 1340. The maximum Gasteiger partial charge on any atom is 0.273 e. The first kappa shape index (κ1) is 22.8. The monoisotopic (exact) mass is 471 g/mol. The molecule has 1 atom stereocenters. The fraction of sp³-hybridized carbons (Fsp3) is 0.286. The van der Waals surface area contributed by atoms with E-state index in [1.165, 1.54) is 0 Å². The van der Waals surface area contributed by atoms with Crippen LogP contribution in [0.15, 0.2) is 59.2 Å². The van der Waals surface area contributed by atoms with Gasteiger partial charge in [0.25, 0.3) is 5.91 Å². The standard InChI is InChI=1S/C28H29N3O4/c1-4-5-12-34-20-10-8-19(9-11-20)26-23-24(22-15-17(2)14-18(3)27(22)32)29-30-25(23)28(33)31(26)16-21-7-6-13-35-21/h6-11,13-15,26,32H,4-5,12,16H2,1-3H3,(H,29,30). The minimum atomic E-state index is -0.402. The molecule has 2 N–H and O–H groups in total. The van der Waals surface area contributed by atoms with Crippen LogP contribution in [0.1, 0.15) is 64.3 Å². The zero-order valence-electron chi connectivity index (χ0n) is 20.2. The van der Waals surface area contributed by atoms with Gasteiger partial charge in [-0.05, 0) is 67.3 Å². The molecule has 7 nitrogen and oxygen atoms in total. The number of ether oxygens (including phenoxy) is 1. The molecule has 1 aliphatic heterocycles. The number of aromatic nitrogens is 2. The number of furan rings is 1. The lowest BCUT2D eigenvalue weighted by molar-refractivity contribution is 0.0717. The van der Waals surface area contributed by atoms with E-state index in [-0.39, 0.29) is 11.7 Å². The number of amides is 1. The van der Waals surface area contributed by atoms with Crippen LogP contribution in [-0.4, -0.2) is 32.7 Å². The molecule has 35 heavy (non-hydrogen) atoms. The Balaban J connectivity index is 1.60. The van der Waals surface area contributed by atoms with Gasteiger partial charge in [0, 0.05) is 11.1 Å². The van der Waals surface area contributed by atoms with Crippen molar-refractivity contribution in [2.24, 2.45) is 0 Å². The van der Waals surface area contributed by atoms with E-state index in [0.717, 1.165) is 40.8 Å². The van der Waals surface area contributed by atoms with Gasteiger partial charge < -0.3 is 19.2 Å². The zero-order chi connectivity index (χ0) is 24.5. The van der Waals surface area contributed by atoms with Gasteiger partial charge in [-0.15, -0.1) is 0 Å². The van der Waals surface area contributed by atoms with E-state index in [0.29, 0.717) is 35.9 Å². The van der Waals surface area contributed by atoms with Gasteiger partial charge in [-0.25, -0.2) is 0 Å². The van der Waals surface area contributed by atoms with Crippen molar-refractivity contribution in [3.63, 3.8) is 0 Å². The average molecular weight is 472 g/mol. The number of benzene rings is 2. The Morgan fingerprint density at radius 3 is 2.69 bits per heavy atom. The molecule has 0 aliphatic carbocycles. The largest absolute Gasteiger partial charge is 0.507 e. The fourth-order valence-corrected chi connectivity index (χ4v) is 4.70. The summed E-state index contributed by atoms with van der Waals surface area (Å²) in [6, 6.07) is 14.9. The molecule has 7 heteroatoms. The normalized spacial score (nSPS) is 15.0. The van der Waals surface area contributed by atoms with Crippen LogP contribution in [0.4, 0.5) is 0 Å². The Hall–Kier alpha value is -4.00. The maximum atomic E-state index is 13.5. The second-order valence-corrected chi connectivity index (χ2v) is 9.02. The molecule has 1 aliphatic rings. The molecule has 1 unspecified atom stereocenters. The lowest BCUT2D eigenvalue weighted by atomic mass is 9.94. The molecular formula is C28H29N3O4. The highest BCUT2D eigenvalue weighted by molar-refractivity contribution is 6.00. The number of rotatable bonds is 8. The third-order valence-corrected chi connectivity index (χ3v) is 6.43. The number of carbonyl (C=O) groups excluding carboxylic acids is 1. The third kappa shape index (κ3) is 4.18. The first-order chi connectivity index (χ1) is 17.0. The quantitative estimate of drug-likeness (QED) is 0.311. The summed E-state index contributed by atoms with van der Waals surface area (Å²) in [7, 11) is 0. The number of hydrogen-bond donors (Lipinski definition) is 2. The molecule has 3 heterocycles. The second kappa shape index (κ2) is 9.33. The van der Waals surface area contributed by atoms with Crippen molar-refractivity contribution in [1.82, 2.24) is 15.1 Å². The number of aryl methyl sites for hydroxylation is 2. The van der Waals surface area contributed by atoms with Crippen LogP contribution in [0.5, 0.6) is 11.5 Å². The Kier molecular flexibility index (Phi) is 6.07. The molecule has 0 bridgehead atoms. The predicted octanol–water partition coefficient (Wildman–Crippen LogP) is 5.92. The summed E-state index contributed by atoms with van der Waals surface area (Å²) in [5.74, 6) is 1.49. The molecule has 2 aromatic carbocycles. The molecule has 0 saturated carbocycles. The van der Waals surface area contributed by atoms with Crippen molar-refractivity contribution in [2.75, 3.05) is 6.61 Å². The maximum absolute atomic E-state index is 13.5. The van der Waals surface area contributed by atoms with Crippen LogP contribution in [0.25, 0.3) is 11.3 Å². The molecular weight excluding hydrogens is 442 g/mol. The number of phenolic OH excluding ortho intramolecular Hbond substituents is 1. The third-order valence-electron chi connectivity index (χ3n) is 6.43. The predicted molar refractivity (Wildman–Crippen MR) is 132 cm³/mol. The first-order valence-corrected chi connectivity index (χ1v) is 11.9. The summed E-state index contributed by atoms with van der Waals surface area (Å²) in [6.45, 7) is 6.95. The van der Waals surface area contributed by atoms with Gasteiger partial charge in [-0.1, -0.05) is 31.5 Å². The highest BCUT2D eigenvalue weighted by atomic mass is 16.5. The first-order valence-electron chi connectivity index (χ1n) is 11.9. The Morgan fingerprint density at radius 2 is 1.97 bits per heavy atom. The van der Waals surface area contributed by atoms with Gasteiger partial charge in [0.2, 0.25) is 0 Å². The van der Waals surface area contributed by atoms with Crippen molar-refractivity contribution in [2.45, 2.75) is 46.2 Å². The van der Waals surface area contributed by atoms with Gasteiger partial charge in [0.1, 0.15) is 28.6 Å². The molecule has 0 saturated heterocycles. The minimum Gasteiger partial charge on any atom is -0.507 e. The van der Waals surface area contributed by atoms with Crippen molar-refractivity contribution in [3.05, 3.63) is 88.5 Å². The van der Waals surface area contributed by atoms with Gasteiger partial charge in [0.15, 0.2) is 0 Å². The van der Waals surface area contributed by atoms with Crippen molar-refractivity contribution < 1.29 is 19.1 Å². The molecule has 0 spiro atoms. The molecule has 2 aromatic heterocycles. The highest BCUT2D eigenvalue weighted by Gasteiger charge is 2.43. The van der Waals surface area contributed by atoms with Crippen LogP contribution in [0.2, 0.25) is 0 Å².